The lowest BCUT2D eigenvalue weighted by molar-refractivity contribution is 0.455. The lowest BCUT2D eigenvalue weighted by Crippen LogP contribution is -2.01. The fourth-order valence-electron chi connectivity index (χ4n) is 1.74. The summed E-state index contributed by atoms with van der Waals surface area (Å²) in [7, 11) is 0. The predicted octanol–water partition coefficient (Wildman–Crippen LogP) is 3.55. The van der Waals surface area contributed by atoms with Crippen LogP contribution >= 0.6 is 27.3 Å². The third-order valence-electron chi connectivity index (χ3n) is 2.62. The molecule has 2 aromatic heterocycles. The van der Waals surface area contributed by atoms with Gasteiger partial charge in [-0.2, -0.15) is 4.98 Å². The minimum Gasteiger partial charge on any atom is -0.436 e. The first-order valence-electron chi connectivity index (χ1n) is 5.46. The number of halogens is 2. The quantitative estimate of drug-likeness (QED) is 0.792. The normalized spacial score (nSPS) is 11.1. The fraction of sp³-hybridized carbons (Fsp3) is 0.0833. The summed E-state index contributed by atoms with van der Waals surface area (Å²) in [6.45, 7) is 0.312. The smallest absolute Gasteiger partial charge is 0.243 e. The maximum atomic E-state index is 13.0. The Labute approximate surface area is 120 Å². The Balaban J connectivity index is 2.02. The van der Waals surface area contributed by atoms with Crippen molar-refractivity contribution in [1.29, 1.82) is 0 Å². The molecule has 7 heteroatoms. The first kappa shape index (κ1) is 12.6. The molecule has 0 aliphatic carbocycles. The number of imidazole rings is 1. The van der Waals surface area contributed by atoms with Gasteiger partial charge >= 0.3 is 0 Å². The Morgan fingerprint density at radius 1 is 1.47 bits per heavy atom. The maximum Gasteiger partial charge on any atom is 0.243 e. The number of thiazole rings is 1. The van der Waals surface area contributed by atoms with Crippen LogP contribution in [-0.2, 0) is 6.54 Å². The molecule has 0 radical (unpaired) electrons. The highest BCUT2D eigenvalue weighted by Crippen LogP contribution is 2.32. The summed E-state index contributed by atoms with van der Waals surface area (Å²) in [6, 6.07) is 4.23. The summed E-state index contributed by atoms with van der Waals surface area (Å²) >= 11 is 4.76. The zero-order valence-corrected chi connectivity index (χ0v) is 12.0. The first-order valence-corrected chi connectivity index (χ1v) is 7.13. The molecule has 98 valence electrons. The van der Waals surface area contributed by atoms with Gasteiger partial charge in [0.25, 0.3) is 0 Å². The second-order valence-corrected chi connectivity index (χ2v) is 5.53. The molecule has 0 atom stereocenters. The van der Waals surface area contributed by atoms with Gasteiger partial charge in [0.15, 0.2) is 4.96 Å². The molecule has 19 heavy (non-hydrogen) atoms. The van der Waals surface area contributed by atoms with E-state index >= 15 is 0 Å². The molecule has 0 fully saturated rings. The van der Waals surface area contributed by atoms with Gasteiger partial charge in [-0.05, 0) is 34.1 Å². The molecule has 1 aromatic carbocycles. The number of hydrogen-bond donors (Lipinski definition) is 1. The van der Waals surface area contributed by atoms with E-state index in [1.807, 2.05) is 16.0 Å². The molecule has 3 aromatic rings. The van der Waals surface area contributed by atoms with Gasteiger partial charge in [0.2, 0.25) is 5.88 Å². The topological polar surface area (TPSA) is 52.5 Å². The van der Waals surface area contributed by atoms with Crippen LogP contribution in [0.3, 0.4) is 0 Å². The van der Waals surface area contributed by atoms with Crippen molar-refractivity contribution >= 4 is 32.2 Å². The number of rotatable bonds is 3. The van der Waals surface area contributed by atoms with Crippen LogP contribution in [0, 0.1) is 5.82 Å². The van der Waals surface area contributed by atoms with E-state index in [1.165, 1.54) is 23.5 Å². The van der Waals surface area contributed by atoms with Crippen molar-refractivity contribution in [2.45, 2.75) is 6.54 Å². The molecule has 2 N–H and O–H groups in total. The molecular weight excluding hydrogens is 333 g/mol. The number of hydrogen-bond acceptors (Lipinski definition) is 4. The Hall–Kier alpha value is -1.44. The number of fused-ring (bicyclic) bond motifs is 1. The van der Waals surface area contributed by atoms with Crippen LogP contribution in [0.2, 0.25) is 0 Å². The molecule has 0 saturated carbocycles. The molecule has 0 amide bonds. The third kappa shape index (κ3) is 2.24. The summed E-state index contributed by atoms with van der Waals surface area (Å²) in [6.07, 6.45) is 1.89. The van der Waals surface area contributed by atoms with E-state index in [1.54, 1.807) is 6.07 Å². The van der Waals surface area contributed by atoms with E-state index in [-0.39, 0.29) is 5.82 Å². The van der Waals surface area contributed by atoms with Crippen LogP contribution in [0.4, 0.5) is 4.39 Å². The standard InChI is InChI=1S/C12H9BrFN3OS/c13-8-5-7(14)1-2-10(8)18-11-9(6-15)17-3-4-19-12(17)16-11/h1-5H,6,15H2. The molecule has 3 rings (SSSR count). The minimum absolute atomic E-state index is 0.312. The van der Waals surface area contributed by atoms with Gasteiger partial charge in [0.1, 0.15) is 17.3 Å². The van der Waals surface area contributed by atoms with Crippen LogP contribution in [0.1, 0.15) is 5.69 Å². The van der Waals surface area contributed by atoms with Crippen molar-refractivity contribution in [3.63, 3.8) is 0 Å². The summed E-state index contributed by atoms with van der Waals surface area (Å²) in [5.74, 6) is 0.618. The van der Waals surface area contributed by atoms with Gasteiger partial charge in [-0.15, -0.1) is 11.3 Å². The van der Waals surface area contributed by atoms with Crippen molar-refractivity contribution in [3.8, 4) is 11.6 Å². The van der Waals surface area contributed by atoms with Gasteiger partial charge < -0.3 is 10.5 Å². The van der Waals surface area contributed by atoms with Crippen molar-refractivity contribution in [3.05, 3.63) is 45.8 Å². The van der Waals surface area contributed by atoms with Crippen molar-refractivity contribution in [1.82, 2.24) is 9.38 Å². The molecule has 0 bridgehead atoms. The van der Waals surface area contributed by atoms with Crippen LogP contribution in [-0.4, -0.2) is 9.38 Å². The Morgan fingerprint density at radius 3 is 3.05 bits per heavy atom. The molecule has 4 nitrogen and oxygen atoms in total. The lowest BCUT2D eigenvalue weighted by Gasteiger charge is -2.06. The lowest BCUT2D eigenvalue weighted by atomic mass is 10.3. The van der Waals surface area contributed by atoms with E-state index in [9.17, 15) is 4.39 Å². The summed E-state index contributed by atoms with van der Waals surface area (Å²) < 4.78 is 21.2. The monoisotopic (exact) mass is 341 g/mol. The molecule has 0 saturated heterocycles. The average molecular weight is 342 g/mol. The number of aromatic nitrogens is 2. The number of benzene rings is 1. The molecule has 0 unspecified atom stereocenters. The molecule has 0 spiro atoms. The van der Waals surface area contributed by atoms with Crippen LogP contribution in [0.5, 0.6) is 11.6 Å². The van der Waals surface area contributed by atoms with Gasteiger partial charge in [-0.25, -0.2) is 4.39 Å². The van der Waals surface area contributed by atoms with Crippen LogP contribution < -0.4 is 10.5 Å². The highest BCUT2D eigenvalue weighted by Gasteiger charge is 2.15. The summed E-state index contributed by atoms with van der Waals surface area (Å²) in [4.78, 5) is 5.18. The molecule has 2 heterocycles. The van der Waals surface area contributed by atoms with E-state index in [4.69, 9.17) is 10.5 Å². The van der Waals surface area contributed by atoms with Gasteiger partial charge in [0.05, 0.1) is 4.47 Å². The molecule has 0 aliphatic heterocycles. The fourth-order valence-corrected chi connectivity index (χ4v) is 2.90. The third-order valence-corrected chi connectivity index (χ3v) is 3.99. The summed E-state index contributed by atoms with van der Waals surface area (Å²) in [5.41, 5.74) is 6.51. The summed E-state index contributed by atoms with van der Waals surface area (Å²) in [5, 5.41) is 1.93. The van der Waals surface area contributed by atoms with Crippen molar-refractivity contribution in [2.24, 2.45) is 5.73 Å². The number of ether oxygens (including phenoxy) is 1. The first-order chi connectivity index (χ1) is 9.19. The average Bonchev–Trinajstić information content (AvgIpc) is 2.92. The Kier molecular flexibility index (Phi) is 3.26. The number of nitrogens with zero attached hydrogens (tertiary/aromatic N) is 2. The second-order valence-electron chi connectivity index (χ2n) is 3.80. The van der Waals surface area contributed by atoms with Gasteiger partial charge in [-0.1, -0.05) is 0 Å². The largest absolute Gasteiger partial charge is 0.436 e. The minimum atomic E-state index is -0.330. The van der Waals surface area contributed by atoms with Gasteiger partial charge in [0, 0.05) is 18.1 Å². The predicted molar refractivity (Wildman–Crippen MR) is 75.1 cm³/mol. The van der Waals surface area contributed by atoms with E-state index < -0.39 is 0 Å². The second kappa shape index (κ2) is 4.92. The van der Waals surface area contributed by atoms with Crippen LogP contribution in [0.25, 0.3) is 4.96 Å². The zero-order chi connectivity index (χ0) is 13.4. The Bertz CT molecular complexity index is 740. The highest BCUT2D eigenvalue weighted by molar-refractivity contribution is 9.10. The van der Waals surface area contributed by atoms with Gasteiger partial charge in [-0.3, -0.25) is 4.40 Å². The SMILES string of the molecule is NCc1c(Oc2ccc(F)cc2Br)nc2sccn12. The number of nitrogens with two attached hydrogens (primary N) is 1. The maximum absolute atomic E-state index is 13.0. The zero-order valence-electron chi connectivity index (χ0n) is 9.64. The molecular formula is C12H9BrFN3OS. The van der Waals surface area contributed by atoms with Crippen LogP contribution in [0.15, 0.2) is 34.2 Å². The van der Waals surface area contributed by atoms with E-state index in [0.717, 1.165) is 10.7 Å². The van der Waals surface area contributed by atoms with E-state index in [2.05, 4.69) is 20.9 Å². The highest BCUT2D eigenvalue weighted by atomic mass is 79.9. The van der Waals surface area contributed by atoms with Crippen molar-refractivity contribution in [2.75, 3.05) is 0 Å². The Morgan fingerprint density at radius 2 is 2.32 bits per heavy atom. The van der Waals surface area contributed by atoms with E-state index in [0.29, 0.717) is 22.6 Å². The van der Waals surface area contributed by atoms with Crippen molar-refractivity contribution < 1.29 is 9.13 Å². The molecule has 0 aliphatic rings.